The van der Waals surface area contributed by atoms with Gasteiger partial charge in [0.05, 0.1) is 16.4 Å². The summed E-state index contributed by atoms with van der Waals surface area (Å²) in [5.74, 6) is -0.567. The molecule has 1 aromatic heterocycles. The van der Waals surface area contributed by atoms with E-state index in [1.807, 2.05) is 24.3 Å². The van der Waals surface area contributed by atoms with Crippen LogP contribution in [0.3, 0.4) is 0 Å². The van der Waals surface area contributed by atoms with Crippen molar-refractivity contribution in [2.24, 2.45) is 0 Å². The highest BCUT2D eigenvalue weighted by atomic mass is 35.5. The number of carbonyl (C=O) groups is 1. The third kappa shape index (κ3) is 2.83. The van der Waals surface area contributed by atoms with Gasteiger partial charge in [0.15, 0.2) is 5.69 Å². The Balaban J connectivity index is 2.52. The standard InChI is InChI=1S/C13H11ClN2O2S/c14-11-9(15)5-10(16-12(11)13(17)18)8-3-1-7(6-19)2-4-8/h1-5,19H,6H2,(H2,15,16)(H,17,18). The third-order valence-electron chi connectivity index (χ3n) is 2.62. The lowest BCUT2D eigenvalue weighted by molar-refractivity contribution is 0.0691. The highest BCUT2D eigenvalue weighted by Crippen LogP contribution is 2.28. The van der Waals surface area contributed by atoms with Crippen LogP contribution in [0.25, 0.3) is 11.3 Å². The maximum Gasteiger partial charge on any atom is 0.356 e. The van der Waals surface area contributed by atoms with Gasteiger partial charge < -0.3 is 10.8 Å². The Labute approximate surface area is 120 Å². The smallest absolute Gasteiger partial charge is 0.356 e. The van der Waals surface area contributed by atoms with Crippen molar-refractivity contribution in [2.45, 2.75) is 5.75 Å². The minimum Gasteiger partial charge on any atom is -0.476 e. The predicted molar refractivity (Wildman–Crippen MR) is 78.7 cm³/mol. The summed E-state index contributed by atoms with van der Waals surface area (Å²) in [6, 6.07) is 9.04. The van der Waals surface area contributed by atoms with Gasteiger partial charge in [0.25, 0.3) is 0 Å². The van der Waals surface area contributed by atoms with Gasteiger partial charge in [-0.3, -0.25) is 0 Å². The van der Waals surface area contributed by atoms with Gasteiger partial charge in [-0.15, -0.1) is 0 Å². The molecule has 2 rings (SSSR count). The Morgan fingerprint density at radius 1 is 1.37 bits per heavy atom. The first-order chi connectivity index (χ1) is 9.02. The number of carboxylic acids is 1. The molecule has 1 heterocycles. The zero-order valence-electron chi connectivity index (χ0n) is 9.80. The van der Waals surface area contributed by atoms with E-state index in [0.717, 1.165) is 11.1 Å². The number of hydrogen-bond acceptors (Lipinski definition) is 4. The molecule has 19 heavy (non-hydrogen) atoms. The summed E-state index contributed by atoms with van der Waals surface area (Å²) in [7, 11) is 0. The van der Waals surface area contributed by atoms with Crippen LogP contribution in [-0.2, 0) is 5.75 Å². The van der Waals surface area contributed by atoms with Crippen LogP contribution >= 0.6 is 24.2 Å². The molecule has 0 fully saturated rings. The lowest BCUT2D eigenvalue weighted by Crippen LogP contribution is -2.05. The number of halogens is 1. The monoisotopic (exact) mass is 294 g/mol. The molecular weight excluding hydrogens is 284 g/mol. The largest absolute Gasteiger partial charge is 0.476 e. The second-order valence-electron chi connectivity index (χ2n) is 3.92. The minimum atomic E-state index is -1.20. The molecule has 0 aliphatic rings. The number of aromatic carboxylic acids is 1. The SMILES string of the molecule is Nc1cc(-c2ccc(CS)cc2)nc(C(=O)O)c1Cl. The molecule has 0 unspecified atom stereocenters. The van der Waals surface area contributed by atoms with Crippen molar-refractivity contribution in [3.63, 3.8) is 0 Å². The van der Waals surface area contributed by atoms with Gasteiger partial charge in [-0.1, -0.05) is 35.9 Å². The zero-order chi connectivity index (χ0) is 14.0. The fourth-order valence-electron chi connectivity index (χ4n) is 1.62. The van der Waals surface area contributed by atoms with Gasteiger partial charge in [0.2, 0.25) is 0 Å². The van der Waals surface area contributed by atoms with E-state index in [4.69, 9.17) is 22.4 Å². The number of benzene rings is 1. The number of pyridine rings is 1. The van der Waals surface area contributed by atoms with Gasteiger partial charge >= 0.3 is 5.97 Å². The molecule has 1 aromatic carbocycles. The second kappa shape index (κ2) is 5.50. The molecule has 0 bridgehead atoms. The quantitative estimate of drug-likeness (QED) is 0.760. The number of nitrogen functional groups attached to an aromatic ring is 1. The average molecular weight is 295 g/mol. The van der Waals surface area contributed by atoms with E-state index in [9.17, 15) is 4.79 Å². The summed E-state index contributed by atoms with van der Waals surface area (Å²) >= 11 is 9.99. The number of nitrogens with zero attached hydrogens (tertiary/aromatic N) is 1. The molecule has 3 N–H and O–H groups in total. The van der Waals surface area contributed by atoms with Gasteiger partial charge in [-0.25, -0.2) is 9.78 Å². The number of thiol groups is 1. The number of hydrogen-bond donors (Lipinski definition) is 3. The number of aromatic nitrogens is 1. The Kier molecular flexibility index (Phi) is 3.97. The van der Waals surface area contributed by atoms with E-state index in [1.54, 1.807) is 6.07 Å². The van der Waals surface area contributed by atoms with Gasteiger partial charge in [-0.2, -0.15) is 12.6 Å². The number of anilines is 1. The first-order valence-electron chi connectivity index (χ1n) is 5.42. The van der Waals surface area contributed by atoms with E-state index < -0.39 is 5.97 Å². The predicted octanol–water partition coefficient (Wildman–Crippen LogP) is 3.11. The van der Waals surface area contributed by atoms with E-state index >= 15 is 0 Å². The van der Waals surface area contributed by atoms with Crippen molar-refractivity contribution >= 4 is 35.9 Å². The number of nitrogens with two attached hydrogens (primary N) is 1. The molecular formula is C13H11ClN2O2S. The van der Waals surface area contributed by atoms with Crippen molar-refractivity contribution in [3.8, 4) is 11.3 Å². The van der Waals surface area contributed by atoms with Gasteiger partial charge in [-0.05, 0) is 11.6 Å². The average Bonchev–Trinajstić information content (AvgIpc) is 2.41. The van der Waals surface area contributed by atoms with Crippen LogP contribution in [0.2, 0.25) is 5.02 Å². The minimum absolute atomic E-state index is 0.0387. The Hall–Kier alpha value is -1.72. The van der Waals surface area contributed by atoms with Crippen molar-refractivity contribution in [2.75, 3.05) is 5.73 Å². The van der Waals surface area contributed by atoms with Crippen molar-refractivity contribution in [3.05, 3.63) is 46.6 Å². The van der Waals surface area contributed by atoms with Gasteiger partial charge in [0, 0.05) is 11.3 Å². The van der Waals surface area contributed by atoms with Crippen molar-refractivity contribution in [1.82, 2.24) is 4.98 Å². The second-order valence-corrected chi connectivity index (χ2v) is 4.61. The molecule has 0 aliphatic carbocycles. The molecule has 2 aromatic rings. The maximum atomic E-state index is 11.0. The lowest BCUT2D eigenvalue weighted by atomic mass is 10.1. The third-order valence-corrected chi connectivity index (χ3v) is 3.38. The topological polar surface area (TPSA) is 76.2 Å². The number of rotatable bonds is 3. The highest BCUT2D eigenvalue weighted by molar-refractivity contribution is 7.79. The maximum absolute atomic E-state index is 11.0. The molecule has 4 nitrogen and oxygen atoms in total. The first-order valence-corrected chi connectivity index (χ1v) is 6.43. The Bertz CT molecular complexity index is 629. The molecule has 0 spiro atoms. The fourth-order valence-corrected chi connectivity index (χ4v) is 2.01. The van der Waals surface area contributed by atoms with Crippen LogP contribution in [0.5, 0.6) is 0 Å². The summed E-state index contributed by atoms with van der Waals surface area (Å²) in [6.07, 6.45) is 0. The van der Waals surface area contributed by atoms with E-state index in [-0.39, 0.29) is 16.4 Å². The van der Waals surface area contributed by atoms with E-state index in [2.05, 4.69) is 17.6 Å². The Morgan fingerprint density at radius 3 is 2.53 bits per heavy atom. The molecule has 0 atom stereocenters. The molecule has 0 amide bonds. The summed E-state index contributed by atoms with van der Waals surface area (Å²) in [4.78, 5) is 15.1. The summed E-state index contributed by atoms with van der Waals surface area (Å²) in [5, 5.41) is 8.99. The van der Waals surface area contributed by atoms with Crippen LogP contribution in [0.15, 0.2) is 30.3 Å². The van der Waals surface area contributed by atoms with Crippen molar-refractivity contribution < 1.29 is 9.90 Å². The lowest BCUT2D eigenvalue weighted by Gasteiger charge is -2.07. The molecule has 0 saturated carbocycles. The van der Waals surface area contributed by atoms with Crippen LogP contribution in [-0.4, -0.2) is 16.1 Å². The molecule has 0 aliphatic heterocycles. The number of carboxylic acid groups (broad SMARTS) is 1. The van der Waals surface area contributed by atoms with Crippen LogP contribution in [0, 0.1) is 0 Å². The van der Waals surface area contributed by atoms with E-state index in [1.165, 1.54) is 0 Å². The van der Waals surface area contributed by atoms with Crippen LogP contribution in [0.1, 0.15) is 16.1 Å². The molecule has 0 saturated heterocycles. The molecule has 6 heteroatoms. The van der Waals surface area contributed by atoms with Crippen molar-refractivity contribution in [1.29, 1.82) is 0 Å². The molecule has 98 valence electrons. The highest BCUT2D eigenvalue weighted by Gasteiger charge is 2.15. The normalized spacial score (nSPS) is 10.4. The van der Waals surface area contributed by atoms with Gasteiger partial charge in [0.1, 0.15) is 0 Å². The van der Waals surface area contributed by atoms with Crippen LogP contribution in [0.4, 0.5) is 5.69 Å². The summed E-state index contributed by atoms with van der Waals surface area (Å²) < 4.78 is 0. The summed E-state index contributed by atoms with van der Waals surface area (Å²) in [6.45, 7) is 0. The van der Waals surface area contributed by atoms with E-state index in [0.29, 0.717) is 11.4 Å². The molecule has 0 radical (unpaired) electrons. The summed E-state index contributed by atoms with van der Waals surface area (Å²) in [5.41, 5.74) is 7.97. The van der Waals surface area contributed by atoms with Crippen LogP contribution < -0.4 is 5.73 Å². The first kappa shape index (κ1) is 13.7. The zero-order valence-corrected chi connectivity index (χ0v) is 11.4. The Morgan fingerprint density at radius 2 is 2.00 bits per heavy atom. The fraction of sp³-hybridized carbons (Fsp3) is 0.0769.